The summed E-state index contributed by atoms with van der Waals surface area (Å²) in [6.07, 6.45) is 0. The number of anilines is 6. The maximum atomic E-state index is 11.4. The Kier molecular flexibility index (Phi) is 9.65. The lowest BCUT2D eigenvalue weighted by molar-refractivity contribution is -0.132. The molecule has 6 N–H and O–H groups in total. The minimum absolute atomic E-state index is 0.195. The van der Waals surface area contributed by atoms with Crippen LogP contribution in [0.2, 0.25) is 0 Å². The second kappa shape index (κ2) is 15.1. The largest absolute Gasteiger partial charge is 0.427 e. The van der Waals surface area contributed by atoms with Gasteiger partial charge in [-0.25, -0.2) is 10.1 Å². The minimum Gasteiger partial charge on any atom is -0.427 e. The van der Waals surface area contributed by atoms with Gasteiger partial charge in [0, 0.05) is 55.3 Å². The standard InChI is InChI=1S/C35H29N13O6/c1-18(49)52-25-10-4-7-21(13-25)30-40-33(46-43-30)36-24-16-28(38-34-41-31(44-47-34)22-8-5-11-26(14-22)53-19(2)50)37-29(17-24)39-35-42-32(45-48-35)23-9-6-12-27(15-23)54-20(3)51/h4-17H,1-3H3,(H6,36,37,38,39,40,41,42,43,44,45,46,47,48). The molecule has 0 saturated carbocycles. The second-order valence-corrected chi connectivity index (χ2v) is 11.4. The Hall–Kier alpha value is -7.96. The Balaban J connectivity index is 1.15. The molecule has 54 heavy (non-hydrogen) atoms. The van der Waals surface area contributed by atoms with E-state index in [0.717, 1.165) is 0 Å². The van der Waals surface area contributed by atoms with Crippen molar-refractivity contribution in [1.29, 1.82) is 0 Å². The summed E-state index contributed by atoms with van der Waals surface area (Å²) in [5.41, 5.74) is 2.40. The van der Waals surface area contributed by atoms with E-state index in [1.807, 2.05) is 0 Å². The molecule has 0 atom stereocenters. The molecule has 0 amide bonds. The molecule has 0 unspecified atom stereocenters. The molecule has 270 valence electrons. The number of carbonyl (C=O) groups excluding carboxylic acids is 3. The molecule has 0 spiro atoms. The number of aromatic nitrogens is 10. The highest BCUT2D eigenvalue weighted by Gasteiger charge is 2.14. The first-order chi connectivity index (χ1) is 26.1. The molecule has 7 rings (SSSR count). The number of nitrogens with one attached hydrogen (secondary N) is 6. The van der Waals surface area contributed by atoms with Crippen LogP contribution in [0.15, 0.2) is 84.9 Å². The fraction of sp³-hybridized carbons (Fsp3) is 0.0857. The van der Waals surface area contributed by atoms with E-state index in [-0.39, 0.29) is 17.8 Å². The van der Waals surface area contributed by atoms with Crippen molar-refractivity contribution in [3.63, 3.8) is 0 Å². The first kappa shape index (κ1) is 34.5. The molecule has 0 aliphatic rings. The maximum absolute atomic E-state index is 11.4. The molecule has 4 heterocycles. The van der Waals surface area contributed by atoms with E-state index in [2.05, 4.69) is 66.5 Å². The lowest BCUT2D eigenvalue weighted by Gasteiger charge is -2.10. The fourth-order valence-corrected chi connectivity index (χ4v) is 5.05. The zero-order chi connectivity index (χ0) is 37.6. The van der Waals surface area contributed by atoms with E-state index in [1.165, 1.54) is 20.8 Å². The summed E-state index contributed by atoms with van der Waals surface area (Å²) in [7, 11) is 0. The number of ether oxygens (including phenoxy) is 3. The lowest BCUT2D eigenvalue weighted by Crippen LogP contribution is -2.03. The van der Waals surface area contributed by atoms with Crippen LogP contribution in [0.4, 0.5) is 35.2 Å². The number of esters is 3. The first-order valence-electron chi connectivity index (χ1n) is 16.1. The van der Waals surface area contributed by atoms with Gasteiger partial charge >= 0.3 is 17.9 Å². The molecular formula is C35H29N13O6. The molecule has 0 bridgehead atoms. The predicted molar refractivity (Wildman–Crippen MR) is 193 cm³/mol. The predicted octanol–water partition coefficient (Wildman–Crippen LogP) is 5.44. The van der Waals surface area contributed by atoms with E-state index in [1.54, 1.807) is 84.9 Å². The molecule has 19 nitrogen and oxygen atoms in total. The Morgan fingerprint density at radius 1 is 0.519 bits per heavy atom. The highest BCUT2D eigenvalue weighted by Crippen LogP contribution is 2.29. The number of pyridine rings is 1. The van der Waals surface area contributed by atoms with Crippen LogP contribution in [0.1, 0.15) is 20.8 Å². The van der Waals surface area contributed by atoms with Gasteiger partial charge < -0.3 is 30.2 Å². The third-order valence-electron chi connectivity index (χ3n) is 7.12. The average molecular weight is 728 g/mol. The third-order valence-corrected chi connectivity index (χ3v) is 7.12. The Labute approximate surface area is 305 Å². The van der Waals surface area contributed by atoms with Crippen molar-refractivity contribution in [2.24, 2.45) is 0 Å². The van der Waals surface area contributed by atoms with Crippen LogP contribution in [0, 0.1) is 0 Å². The van der Waals surface area contributed by atoms with Gasteiger partial charge in [0.1, 0.15) is 28.9 Å². The molecule has 0 saturated heterocycles. The second-order valence-electron chi connectivity index (χ2n) is 11.4. The van der Waals surface area contributed by atoms with Gasteiger partial charge in [0.05, 0.1) is 0 Å². The van der Waals surface area contributed by atoms with E-state index >= 15 is 0 Å². The van der Waals surface area contributed by atoms with Gasteiger partial charge in [0.15, 0.2) is 17.5 Å². The van der Waals surface area contributed by atoms with Crippen molar-refractivity contribution < 1.29 is 28.6 Å². The number of hydrogen-bond donors (Lipinski definition) is 6. The number of benzene rings is 3. The van der Waals surface area contributed by atoms with Crippen molar-refractivity contribution in [3.05, 3.63) is 84.9 Å². The number of hydrogen-bond acceptors (Lipinski definition) is 16. The number of rotatable bonds is 12. The van der Waals surface area contributed by atoms with Crippen LogP contribution in [0.25, 0.3) is 34.2 Å². The maximum Gasteiger partial charge on any atom is 0.308 e. The summed E-state index contributed by atoms with van der Waals surface area (Å²) in [5, 5.41) is 30.8. The molecule has 4 aromatic heterocycles. The number of H-pyrrole nitrogens is 3. The van der Waals surface area contributed by atoms with Crippen LogP contribution < -0.4 is 30.2 Å². The summed E-state index contributed by atoms with van der Waals surface area (Å²) in [5.74, 6) is 2.27. The van der Waals surface area contributed by atoms with Crippen molar-refractivity contribution in [2.45, 2.75) is 20.8 Å². The Bertz CT molecular complexity index is 2210. The van der Waals surface area contributed by atoms with Gasteiger partial charge in [-0.05, 0) is 36.4 Å². The van der Waals surface area contributed by atoms with E-state index in [4.69, 9.17) is 14.2 Å². The van der Waals surface area contributed by atoms with E-state index < -0.39 is 17.9 Å². The molecule has 0 fully saturated rings. The number of aromatic amines is 3. The summed E-state index contributed by atoms with van der Waals surface area (Å²) in [6, 6.07) is 23.9. The van der Waals surface area contributed by atoms with Crippen LogP contribution in [0.3, 0.4) is 0 Å². The summed E-state index contributed by atoms with van der Waals surface area (Å²) in [4.78, 5) is 52.6. The number of carbonyl (C=O) groups is 3. The molecular weight excluding hydrogens is 698 g/mol. The first-order valence-corrected chi connectivity index (χ1v) is 16.1. The van der Waals surface area contributed by atoms with Crippen molar-refractivity contribution in [1.82, 2.24) is 50.5 Å². The van der Waals surface area contributed by atoms with Crippen LogP contribution in [-0.4, -0.2) is 68.4 Å². The van der Waals surface area contributed by atoms with Gasteiger partial charge in [-0.1, -0.05) is 36.4 Å². The molecule has 0 aliphatic carbocycles. The Morgan fingerprint density at radius 3 is 1.54 bits per heavy atom. The van der Waals surface area contributed by atoms with Gasteiger partial charge in [-0.15, -0.1) is 10.2 Å². The highest BCUT2D eigenvalue weighted by atomic mass is 16.5. The van der Waals surface area contributed by atoms with Gasteiger partial charge in [-0.2, -0.15) is 20.1 Å². The molecule has 0 aliphatic heterocycles. The topological polar surface area (TPSA) is 253 Å². The smallest absolute Gasteiger partial charge is 0.308 e. The fourth-order valence-electron chi connectivity index (χ4n) is 5.05. The quantitative estimate of drug-likeness (QED) is 0.0676. The summed E-state index contributed by atoms with van der Waals surface area (Å²) < 4.78 is 15.6. The third kappa shape index (κ3) is 8.66. The van der Waals surface area contributed by atoms with Crippen LogP contribution in [0.5, 0.6) is 17.2 Å². The van der Waals surface area contributed by atoms with Gasteiger partial charge in [0.2, 0.25) is 17.8 Å². The summed E-state index contributed by atoms with van der Waals surface area (Å²) >= 11 is 0. The monoisotopic (exact) mass is 727 g/mol. The van der Waals surface area contributed by atoms with Crippen molar-refractivity contribution in [2.75, 3.05) is 16.0 Å². The minimum atomic E-state index is -0.446. The highest BCUT2D eigenvalue weighted by molar-refractivity contribution is 5.73. The van der Waals surface area contributed by atoms with Gasteiger partial charge in [0.25, 0.3) is 0 Å². The molecule has 7 aromatic rings. The molecule has 3 aromatic carbocycles. The SMILES string of the molecule is CC(=O)Oc1cccc(-c2n[nH]c(Nc3cc(Nc4n[nH]c(-c5cccc(OC(C)=O)c5)n4)cc(Nc4n[nH]c(-c5cccc(OC(C)=O)c5)n4)n3)n2)c1. The molecule has 0 radical (unpaired) electrons. The molecule has 19 heteroatoms. The normalized spacial score (nSPS) is 10.7. The lowest BCUT2D eigenvalue weighted by atomic mass is 10.2. The van der Waals surface area contributed by atoms with E-state index in [9.17, 15) is 14.4 Å². The number of nitrogens with zero attached hydrogens (tertiary/aromatic N) is 7. The zero-order valence-electron chi connectivity index (χ0n) is 28.7. The summed E-state index contributed by atoms with van der Waals surface area (Å²) in [6.45, 7) is 3.97. The van der Waals surface area contributed by atoms with E-state index in [0.29, 0.717) is 68.7 Å². The van der Waals surface area contributed by atoms with Crippen LogP contribution >= 0.6 is 0 Å². The zero-order valence-corrected chi connectivity index (χ0v) is 28.7. The Morgan fingerprint density at radius 2 is 1.00 bits per heavy atom. The average Bonchev–Trinajstić information content (AvgIpc) is 3.90. The van der Waals surface area contributed by atoms with Gasteiger partial charge in [-0.3, -0.25) is 24.6 Å². The van der Waals surface area contributed by atoms with Crippen molar-refractivity contribution in [3.8, 4) is 51.4 Å². The van der Waals surface area contributed by atoms with Crippen molar-refractivity contribution >= 4 is 53.1 Å². The van der Waals surface area contributed by atoms with Crippen LogP contribution in [-0.2, 0) is 14.4 Å².